The van der Waals surface area contributed by atoms with Crippen molar-refractivity contribution in [1.29, 1.82) is 0 Å². The van der Waals surface area contributed by atoms with Gasteiger partial charge in [0.2, 0.25) is 0 Å². The molecule has 0 aliphatic heterocycles. The highest BCUT2D eigenvalue weighted by Crippen LogP contribution is 2.27. The van der Waals surface area contributed by atoms with Gasteiger partial charge in [-0.15, -0.1) is 11.3 Å². The van der Waals surface area contributed by atoms with Gasteiger partial charge in [0.05, 0.1) is 16.8 Å². The highest BCUT2D eigenvalue weighted by atomic mass is 32.1. The molecule has 1 aromatic rings. The molecular weight excluding hydrogens is 244 g/mol. The summed E-state index contributed by atoms with van der Waals surface area (Å²) in [5, 5.41) is 4.91. The van der Waals surface area contributed by atoms with Crippen molar-refractivity contribution in [2.45, 2.75) is 64.6 Å². The summed E-state index contributed by atoms with van der Waals surface area (Å²) in [5.41, 5.74) is 1.18. The van der Waals surface area contributed by atoms with Crippen LogP contribution >= 0.6 is 11.3 Å². The second-order valence-corrected chi connectivity index (χ2v) is 6.52. The molecule has 0 saturated heterocycles. The van der Waals surface area contributed by atoms with Gasteiger partial charge in [-0.1, -0.05) is 0 Å². The Labute approximate surface area is 114 Å². The van der Waals surface area contributed by atoms with Crippen LogP contribution in [0.1, 0.15) is 54.2 Å². The van der Waals surface area contributed by atoms with Crippen molar-refractivity contribution in [3.8, 4) is 0 Å². The molecule has 18 heavy (non-hydrogen) atoms. The number of rotatable bonds is 4. The summed E-state index contributed by atoms with van der Waals surface area (Å²) in [6.07, 6.45) is 5.29. The summed E-state index contributed by atoms with van der Waals surface area (Å²) in [6.45, 7) is 6.44. The molecule has 1 saturated carbocycles. The molecule has 2 rings (SSSR count). The van der Waals surface area contributed by atoms with Gasteiger partial charge in [0.25, 0.3) is 0 Å². The molecule has 0 amide bonds. The highest BCUT2D eigenvalue weighted by Gasteiger charge is 2.23. The van der Waals surface area contributed by atoms with Crippen molar-refractivity contribution in [2.24, 2.45) is 0 Å². The maximum Gasteiger partial charge on any atom is 0.0900 e. The van der Waals surface area contributed by atoms with E-state index >= 15 is 0 Å². The van der Waals surface area contributed by atoms with Crippen LogP contribution in [-0.2, 0) is 4.74 Å². The van der Waals surface area contributed by atoms with Crippen molar-refractivity contribution < 1.29 is 4.74 Å². The van der Waals surface area contributed by atoms with Gasteiger partial charge >= 0.3 is 0 Å². The second kappa shape index (κ2) is 6.13. The zero-order chi connectivity index (χ0) is 13.1. The molecule has 102 valence electrons. The smallest absolute Gasteiger partial charge is 0.0900 e. The lowest BCUT2D eigenvalue weighted by Crippen LogP contribution is -2.36. The van der Waals surface area contributed by atoms with Gasteiger partial charge in [-0.25, -0.2) is 4.98 Å². The van der Waals surface area contributed by atoms with E-state index < -0.39 is 0 Å². The second-order valence-electron chi connectivity index (χ2n) is 5.28. The Morgan fingerprint density at radius 1 is 1.28 bits per heavy atom. The Hall–Kier alpha value is -0.450. The molecule has 1 N–H and O–H groups in total. The average Bonchev–Trinajstić information content (AvgIpc) is 2.69. The number of methoxy groups -OCH3 is 1. The number of hydrogen-bond donors (Lipinski definition) is 1. The normalized spacial score (nSPS) is 26.2. The van der Waals surface area contributed by atoms with E-state index in [9.17, 15) is 0 Å². The number of hydrogen-bond acceptors (Lipinski definition) is 4. The Kier molecular flexibility index (Phi) is 4.76. The zero-order valence-electron chi connectivity index (χ0n) is 11.8. The van der Waals surface area contributed by atoms with Crippen molar-refractivity contribution in [3.63, 3.8) is 0 Å². The van der Waals surface area contributed by atoms with E-state index in [4.69, 9.17) is 4.74 Å². The van der Waals surface area contributed by atoms with Gasteiger partial charge in [0, 0.05) is 24.1 Å². The summed E-state index contributed by atoms with van der Waals surface area (Å²) in [7, 11) is 1.82. The fraction of sp³-hybridized carbons (Fsp3) is 0.786. The number of nitrogens with zero attached hydrogens (tertiary/aromatic N) is 1. The standard InChI is InChI=1S/C14H24N2OS/c1-9-14(18-11(3)15-9)10(2)16-12-5-7-13(17-4)8-6-12/h10,12-13,16H,5-8H2,1-4H3. The van der Waals surface area contributed by atoms with Crippen LogP contribution in [-0.4, -0.2) is 24.2 Å². The Morgan fingerprint density at radius 2 is 1.94 bits per heavy atom. The SMILES string of the molecule is COC1CCC(NC(C)c2sc(C)nc2C)CC1. The summed E-state index contributed by atoms with van der Waals surface area (Å²) in [4.78, 5) is 5.90. The van der Waals surface area contributed by atoms with Crippen LogP contribution in [0.15, 0.2) is 0 Å². The lowest BCUT2D eigenvalue weighted by molar-refractivity contribution is 0.0614. The largest absolute Gasteiger partial charge is 0.381 e. The zero-order valence-corrected chi connectivity index (χ0v) is 12.6. The van der Waals surface area contributed by atoms with E-state index in [-0.39, 0.29) is 0 Å². The number of ether oxygens (including phenoxy) is 1. The third-order valence-electron chi connectivity index (χ3n) is 3.83. The fourth-order valence-corrected chi connectivity index (χ4v) is 3.78. The summed E-state index contributed by atoms with van der Waals surface area (Å²) in [5.74, 6) is 0. The van der Waals surface area contributed by atoms with E-state index in [1.165, 1.54) is 41.3 Å². The first-order valence-electron chi connectivity index (χ1n) is 6.83. The number of thiazole rings is 1. The summed E-state index contributed by atoms with van der Waals surface area (Å²) in [6, 6.07) is 1.05. The van der Waals surface area contributed by atoms with Crippen LogP contribution in [0.4, 0.5) is 0 Å². The predicted molar refractivity (Wildman–Crippen MR) is 76.2 cm³/mol. The molecule has 1 fully saturated rings. The topological polar surface area (TPSA) is 34.1 Å². The van der Waals surface area contributed by atoms with Gasteiger partial charge in [-0.2, -0.15) is 0 Å². The van der Waals surface area contributed by atoms with Crippen LogP contribution in [0.5, 0.6) is 0 Å². The van der Waals surface area contributed by atoms with Crippen LogP contribution in [0.25, 0.3) is 0 Å². The van der Waals surface area contributed by atoms with E-state index in [2.05, 4.69) is 31.1 Å². The lowest BCUT2D eigenvalue weighted by Gasteiger charge is -2.30. The lowest BCUT2D eigenvalue weighted by atomic mass is 9.92. The fourth-order valence-electron chi connectivity index (χ4n) is 2.84. The molecule has 1 heterocycles. The van der Waals surface area contributed by atoms with E-state index in [1.807, 2.05) is 18.4 Å². The summed E-state index contributed by atoms with van der Waals surface area (Å²) < 4.78 is 5.42. The number of aromatic nitrogens is 1. The van der Waals surface area contributed by atoms with E-state index in [0.717, 1.165) is 0 Å². The minimum Gasteiger partial charge on any atom is -0.381 e. The first kappa shape index (κ1) is 14.0. The van der Waals surface area contributed by atoms with E-state index in [0.29, 0.717) is 18.2 Å². The van der Waals surface area contributed by atoms with Crippen LogP contribution in [0.3, 0.4) is 0 Å². The van der Waals surface area contributed by atoms with Crippen molar-refractivity contribution in [1.82, 2.24) is 10.3 Å². The van der Waals surface area contributed by atoms with Gasteiger partial charge in [0.1, 0.15) is 0 Å². The van der Waals surface area contributed by atoms with Crippen LogP contribution < -0.4 is 5.32 Å². The first-order chi connectivity index (χ1) is 8.60. The van der Waals surface area contributed by atoms with Gasteiger partial charge < -0.3 is 10.1 Å². The molecule has 1 unspecified atom stereocenters. The molecule has 1 aromatic heterocycles. The molecule has 3 nitrogen and oxygen atoms in total. The molecule has 0 aromatic carbocycles. The van der Waals surface area contributed by atoms with Gasteiger partial charge in [0.15, 0.2) is 0 Å². The third kappa shape index (κ3) is 3.31. The molecule has 4 heteroatoms. The number of aryl methyl sites for hydroxylation is 2. The number of nitrogens with one attached hydrogen (secondary N) is 1. The van der Waals surface area contributed by atoms with Gasteiger partial charge in [-0.05, 0) is 46.5 Å². The molecule has 0 spiro atoms. The van der Waals surface area contributed by atoms with Crippen molar-refractivity contribution >= 4 is 11.3 Å². The van der Waals surface area contributed by atoms with Gasteiger partial charge in [-0.3, -0.25) is 0 Å². The maximum atomic E-state index is 5.42. The quantitative estimate of drug-likeness (QED) is 0.909. The molecular formula is C14H24N2OS. The van der Waals surface area contributed by atoms with E-state index in [1.54, 1.807) is 0 Å². The molecule has 1 atom stereocenters. The first-order valence-corrected chi connectivity index (χ1v) is 7.64. The Balaban J connectivity index is 1.88. The maximum absolute atomic E-state index is 5.42. The predicted octanol–water partition coefficient (Wildman–Crippen LogP) is 3.37. The summed E-state index contributed by atoms with van der Waals surface area (Å²) >= 11 is 1.82. The monoisotopic (exact) mass is 268 g/mol. The van der Waals surface area contributed by atoms with Crippen molar-refractivity contribution in [2.75, 3.05) is 7.11 Å². The van der Waals surface area contributed by atoms with Crippen molar-refractivity contribution in [3.05, 3.63) is 15.6 Å². The molecule has 1 aliphatic carbocycles. The third-order valence-corrected chi connectivity index (χ3v) is 5.08. The Morgan fingerprint density at radius 3 is 2.44 bits per heavy atom. The Bertz CT molecular complexity index is 383. The minimum absolute atomic E-state index is 0.417. The average molecular weight is 268 g/mol. The molecule has 0 bridgehead atoms. The highest BCUT2D eigenvalue weighted by molar-refractivity contribution is 7.11. The van der Waals surface area contributed by atoms with Crippen LogP contribution in [0, 0.1) is 13.8 Å². The van der Waals surface area contributed by atoms with Crippen LogP contribution in [0.2, 0.25) is 0 Å². The molecule has 0 radical (unpaired) electrons. The minimum atomic E-state index is 0.417. The molecule has 1 aliphatic rings.